The zero-order chi connectivity index (χ0) is 16.2. The molecule has 1 unspecified atom stereocenters. The molecule has 0 radical (unpaired) electrons. The van der Waals surface area contributed by atoms with Gasteiger partial charge in [0.2, 0.25) is 10.0 Å². The van der Waals surface area contributed by atoms with Crippen molar-refractivity contribution in [3.63, 3.8) is 0 Å². The first-order chi connectivity index (χ1) is 10.5. The summed E-state index contributed by atoms with van der Waals surface area (Å²) < 4.78 is 40.4. The third kappa shape index (κ3) is 3.69. The fourth-order valence-electron chi connectivity index (χ4n) is 2.41. The van der Waals surface area contributed by atoms with Crippen molar-refractivity contribution in [2.75, 3.05) is 6.54 Å². The van der Waals surface area contributed by atoms with Gasteiger partial charge in [0.15, 0.2) is 0 Å². The number of sulfonamides is 1. The number of aromatic nitrogens is 1. The standard InChI is InChI=1S/C16H19FN2O2S/c1-3-19(13(2)14-8-10-18-11-9-14)22(20,21)12-15-6-4-5-7-16(15)17/h4-11,13H,3,12H2,1-2H3. The largest absolute Gasteiger partial charge is 0.265 e. The van der Waals surface area contributed by atoms with E-state index in [4.69, 9.17) is 0 Å². The molecule has 0 aliphatic rings. The molecule has 118 valence electrons. The maximum absolute atomic E-state index is 13.7. The molecular formula is C16H19FN2O2S. The van der Waals surface area contributed by atoms with Crippen LogP contribution in [0.4, 0.5) is 4.39 Å². The van der Waals surface area contributed by atoms with E-state index in [1.165, 1.54) is 16.4 Å². The molecule has 0 saturated carbocycles. The Labute approximate surface area is 130 Å². The summed E-state index contributed by atoms with van der Waals surface area (Å²) in [7, 11) is -3.62. The molecule has 4 nitrogen and oxygen atoms in total. The SMILES string of the molecule is CCN(C(C)c1ccncc1)S(=O)(=O)Cc1ccccc1F. The summed E-state index contributed by atoms with van der Waals surface area (Å²) in [5.74, 6) is -0.846. The fraction of sp³-hybridized carbons (Fsp3) is 0.312. The van der Waals surface area contributed by atoms with Crippen LogP contribution < -0.4 is 0 Å². The van der Waals surface area contributed by atoms with E-state index in [1.54, 1.807) is 43.6 Å². The molecule has 2 rings (SSSR count). The van der Waals surface area contributed by atoms with Crippen LogP contribution in [-0.4, -0.2) is 24.3 Å². The summed E-state index contributed by atoms with van der Waals surface area (Å²) in [6.07, 6.45) is 3.26. The minimum atomic E-state index is -3.62. The smallest absolute Gasteiger partial charge is 0.218 e. The highest BCUT2D eigenvalue weighted by atomic mass is 32.2. The van der Waals surface area contributed by atoms with Crippen molar-refractivity contribution in [2.45, 2.75) is 25.6 Å². The summed E-state index contributed by atoms with van der Waals surface area (Å²) in [4.78, 5) is 3.94. The van der Waals surface area contributed by atoms with Gasteiger partial charge in [-0.1, -0.05) is 25.1 Å². The van der Waals surface area contributed by atoms with E-state index in [0.717, 1.165) is 5.56 Å². The molecule has 0 aliphatic carbocycles. The van der Waals surface area contributed by atoms with Crippen LogP contribution in [0.25, 0.3) is 0 Å². The highest BCUT2D eigenvalue weighted by Crippen LogP contribution is 2.25. The van der Waals surface area contributed by atoms with Crippen molar-refractivity contribution in [3.05, 3.63) is 65.7 Å². The number of hydrogen-bond acceptors (Lipinski definition) is 3. The van der Waals surface area contributed by atoms with Crippen LogP contribution in [0.1, 0.15) is 31.0 Å². The highest BCUT2D eigenvalue weighted by molar-refractivity contribution is 7.88. The van der Waals surface area contributed by atoms with Gasteiger partial charge in [-0.2, -0.15) is 4.31 Å². The van der Waals surface area contributed by atoms with Crippen LogP contribution in [-0.2, 0) is 15.8 Å². The molecule has 22 heavy (non-hydrogen) atoms. The molecule has 0 saturated heterocycles. The lowest BCUT2D eigenvalue weighted by atomic mass is 10.1. The molecule has 1 aromatic heterocycles. The Bertz CT molecular complexity index is 720. The second kappa shape index (κ2) is 6.98. The predicted molar refractivity (Wildman–Crippen MR) is 84.1 cm³/mol. The minimum Gasteiger partial charge on any atom is -0.265 e. The van der Waals surface area contributed by atoms with E-state index in [9.17, 15) is 12.8 Å². The molecule has 0 amide bonds. The maximum atomic E-state index is 13.7. The first-order valence-electron chi connectivity index (χ1n) is 7.08. The first kappa shape index (κ1) is 16.6. The molecule has 1 atom stereocenters. The topological polar surface area (TPSA) is 50.3 Å². The van der Waals surface area contributed by atoms with Crippen molar-refractivity contribution in [3.8, 4) is 0 Å². The van der Waals surface area contributed by atoms with Gasteiger partial charge in [0.05, 0.1) is 5.75 Å². The lowest BCUT2D eigenvalue weighted by molar-refractivity contribution is 0.356. The van der Waals surface area contributed by atoms with E-state index in [-0.39, 0.29) is 17.4 Å². The summed E-state index contributed by atoms with van der Waals surface area (Å²) in [5, 5.41) is 0. The van der Waals surface area contributed by atoms with Crippen LogP contribution >= 0.6 is 0 Å². The lowest BCUT2D eigenvalue weighted by Crippen LogP contribution is -2.34. The summed E-state index contributed by atoms with van der Waals surface area (Å²) >= 11 is 0. The second-order valence-corrected chi connectivity index (χ2v) is 6.93. The monoisotopic (exact) mass is 322 g/mol. The molecular weight excluding hydrogens is 303 g/mol. The van der Waals surface area contributed by atoms with Crippen LogP contribution in [0.2, 0.25) is 0 Å². The van der Waals surface area contributed by atoms with Crippen LogP contribution in [0.3, 0.4) is 0 Å². The average Bonchev–Trinajstić information content (AvgIpc) is 2.50. The Hall–Kier alpha value is -1.79. The first-order valence-corrected chi connectivity index (χ1v) is 8.69. The fourth-order valence-corrected chi connectivity index (χ4v) is 4.20. The van der Waals surface area contributed by atoms with Gasteiger partial charge in [0.25, 0.3) is 0 Å². The number of benzene rings is 1. The third-order valence-corrected chi connectivity index (χ3v) is 5.55. The van der Waals surface area contributed by atoms with Gasteiger partial charge in [0.1, 0.15) is 5.82 Å². The normalized spacial score (nSPS) is 13.3. The maximum Gasteiger partial charge on any atom is 0.218 e. The van der Waals surface area contributed by atoms with Crippen molar-refractivity contribution >= 4 is 10.0 Å². The van der Waals surface area contributed by atoms with Crippen LogP contribution in [0.15, 0.2) is 48.8 Å². The molecule has 0 bridgehead atoms. The van der Waals surface area contributed by atoms with E-state index in [0.29, 0.717) is 6.54 Å². The Balaban J connectivity index is 2.28. The zero-order valence-electron chi connectivity index (χ0n) is 12.6. The van der Waals surface area contributed by atoms with Crippen LogP contribution in [0.5, 0.6) is 0 Å². The third-order valence-electron chi connectivity index (χ3n) is 3.59. The average molecular weight is 322 g/mol. The van der Waals surface area contributed by atoms with Crippen molar-refractivity contribution < 1.29 is 12.8 Å². The molecule has 1 heterocycles. The molecule has 0 fully saturated rings. The molecule has 6 heteroatoms. The zero-order valence-corrected chi connectivity index (χ0v) is 13.4. The van der Waals surface area contributed by atoms with E-state index >= 15 is 0 Å². The Morgan fingerprint density at radius 3 is 2.41 bits per heavy atom. The second-order valence-electron chi connectivity index (χ2n) is 5.01. The summed E-state index contributed by atoms with van der Waals surface area (Å²) in [6.45, 7) is 3.91. The van der Waals surface area contributed by atoms with Gasteiger partial charge in [0, 0.05) is 30.5 Å². The summed E-state index contributed by atoms with van der Waals surface area (Å²) in [6, 6.07) is 9.19. The van der Waals surface area contributed by atoms with Gasteiger partial charge < -0.3 is 0 Å². The predicted octanol–water partition coefficient (Wildman–Crippen LogP) is 3.13. The number of nitrogens with zero attached hydrogens (tertiary/aromatic N) is 2. The molecule has 2 aromatic rings. The minimum absolute atomic E-state index is 0.183. The molecule has 1 aromatic carbocycles. The van der Waals surface area contributed by atoms with Gasteiger partial charge in [-0.05, 0) is 30.7 Å². The number of hydrogen-bond donors (Lipinski definition) is 0. The van der Waals surface area contributed by atoms with E-state index in [2.05, 4.69) is 4.98 Å². The van der Waals surface area contributed by atoms with Crippen molar-refractivity contribution in [2.24, 2.45) is 0 Å². The van der Waals surface area contributed by atoms with Gasteiger partial charge >= 0.3 is 0 Å². The Kier molecular flexibility index (Phi) is 5.26. The summed E-state index contributed by atoms with van der Waals surface area (Å²) in [5.41, 5.74) is 1.04. The highest BCUT2D eigenvalue weighted by Gasteiger charge is 2.27. The molecule has 0 spiro atoms. The molecule has 0 aliphatic heterocycles. The number of rotatable bonds is 6. The quantitative estimate of drug-likeness (QED) is 0.821. The Morgan fingerprint density at radius 1 is 1.18 bits per heavy atom. The Morgan fingerprint density at radius 2 is 1.82 bits per heavy atom. The number of pyridine rings is 1. The van der Waals surface area contributed by atoms with Crippen molar-refractivity contribution in [1.29, 1.82) is 0 Å². The number of halogens is 1. The van der Waals surface area contributed by atoms with Crippen molar-refractivity contribution in [1.82, 2.24) is 9.29 Å². The molecule has 0 N–H and O–H groups in total. The van der Waals surface area contributed by atoms with Gasteiger partial charge in [-0.3, -0.25) is 4.98 Å². The lowest BCUT2D eigenvalue weighted by Gasteiger charge is -2.27. The van der Waals surface area contributed by atoms with E-state index < -0.39 is 15.8 Å². The van der Waals surface area contributed by atoms with Gasteiger partial charge in [-0.25, -0.2) is 12.8 Å². The van der Waals surface area contributed by atoms with Gasteiger partial charge in [-0.15, -0.1) is 0 Å². The van der Waals surface area contributed by atoms with Crippen LogP contribution in [0, 0.1) is 5.82 Å². The van der Waals surface area contributed by atoms with E-state index in [1.807, 2.05) is 6.92 Å².